The van der Waals surface area contributed by atoms with Crippen LogP contribution in [0.4, 0.5) is 0 Å². The zero-order chi connectivity index (χ0) is 17.2. The molecule has 0 spiro atoms. The molecule has 0 saturated carbocycles. The summed E-state index contributed by atoms with van der Waals surface area (Å²) in [5.41, 5.74) is 9.29. The summed E-state index contributed by atoms with van der Waals surface area (Å²) in [7, 11) is 0. The minimum Gasteiger partial charge on any atom is -0.338 e. The highest BCUT2D eigenvalue weighted by molar-refractivity contribution is 5.96. The van der Waals surface area contributed by atoms with Crippen molar-refractivity contribution < 1.29 is 4.79 Å². The maximum absolute atomic E-state index is 13.1. The minimum atomic E-state index is -0.0394. The molecule has 1 amide bonds. The van der Waals surface area contributed by atoms with E-state index < -0.39 is 0 Å². The molecule has 3 heteroatoms. The van der Waals surface area contributed by atoms with E-state index in [4.69, 9.17) is 5.73 Å². The predicted octanol–water partition coefficient (Wildman–Crippen LogP) is 3.48. The van der Waals surface area contributed by atoms with Gasteiger partial charge in [-0.2, -0.15) is 0 Å². The smallest absolute Gasteiger partial charge is 0.254 e. The maximum atomic E-state index is 13.1. The van der Waals surface area contributed by atoms with Gasteiger partial charge in [-0.3, -0.25) is 4.79 Å². The summed E-state index contributed by atoms with van der Waals surface area (Å²) in [5.74, 6) is 0.126. The van der Waals surface area contributed by atoms with Gasteiger partial charge in [-0.1, -0.05) is 62.4 Å². The first-order valence-electron chi connectivity index (χ1n) is 8.64. The lowest BCUT2D eigenvalue weighted by Crippen LogP contribution is -2.54. The monoisotopic (exact) mass is 322 g/mol. The Hall–Kier alpha value is -2.13. The van der Waals surface area contributed by atoms with Crippen LogP contribution >= 0.6 is 0 Å². The van der Waals surface area contributed by atoms with Crippen LogP contribution in [0, 0.1) is 5.41 Å². The van der Waals surface area contributed by atoms with Crippen LogP contribution in [0.5, 0.6) is 0 Å². The van der Waals surface area contributed by atoms with Gasteiger partial charge >= 0.3 is 0 Å². The van der Waals surface area contributed by atoms with Gasteiger partial charge in [0.05, 0.1) is 0 Å². The van der Waals surface area contributed by atoms with E-state index in [-0.39, 0.29) is 17.4 Å². The van der Waals surface area contributed by atoms with Crippen LogP contribution in [0.3, 0.4) is 0 Å². The number of nitrogens with two attached hydrogens (primary N) is 1. The van der Waals surface area contributed by atoms with E-state index in [1.165, 1.54) is 5.56 Å². The van der Waals surface area contributed by atoms with Crippen molar-refractivity contribution in [1.82, 2.24) is 4.90 Å². The summed E-state index contributed by atoms with van der Waals surface area (Å²) < 4.78 is 0. The first-order valence-corrected chi connectivity index (χ1v) is 8.64. The molecule has 0 aliphatic carbocycles. The molecule has 2 N–H and O–H groups in total. The summed E-state index contributed by atoms with van der Waals surface area (Å²) in [6.07, 6.45) is 1.64. The average molecular weight is 322 g/mol. The quantitative estimate of drug-likeness (QED) is 0.940. The Morgan fingerprint density at radius 3 is 2.50 bits per heavy atom. The van der Waals surface area contributed by atoms with Crippen molar-refractivity contribution in [3.63, 3.8) is 0 Å². The largest absolute Gasteiger partial charge is 0.338 e. The van der Waals surface area contributed by atoms with Crippen molar-refractivity contribution in [2.75, 3.05) is 13.1 Å². The highest BCUT2D eigenvalue weighted by atomic mass is 16.2. The molecule has 3 nitrogen and oxygen atoms in total. The number of benzene rings is 2. The van der Waals surface area contributed by atoms with Crippen molar-refractivity contribution >= 4 is 5.91 Å². The zero-order valence-electron chi connectivity index (χ0n) is 14.5. The average Bonchev–Trinajstić information content (AvgIpc) is 2.58. The highest BCUT2D eigenvalue weighted by Crippen LogP contribution is 2.29. The Bertz CT molecular complexity index is 709. The normalized spacial score (nSPS) is 20.0. The van der Waals surface area contributed by atoms with Crippen LogP contribution in [-0.2, 0) is 6.42 Å². The zero-order valence-corrected chi connectivity index (χ0v) is 14.5. The van der Waals surface area contributed by atoms with Gasteiger partial charge < -0.3 is 10.6 Å². The van der Waals surface area contributed by atoms with Gasteiger partial charge in [0, 0.05) is 24.7 Å². The van der Waals surface area contributed by atoms with Crippen LogP contribution in [0.25, 0.3) is 0 Å². The molecule has 1 aliphatic heterocycles. The molecule has 0 bridgehead atoms. The van der Waals surface area contributed by atoms with E-state index in [2.05, 4.69) is 32.0 Å². The molecule has 1 atom stereocenters. The van der Waals surface area contributed by atoms with Crippen molar-refractivity contribution in [2.45, 2.75) is 32.7 Å². The molecule has 1 unspecified atom stereocenters. The van der Waals surface area contributed by atoms with E-state index in [9.17, 15) is 4.79 Å². The third-order valence-electron chi connectivity index (χ3n) is 5.08. The Kier molecular flexibility index (Phi) is 4.72. The molecular formula is C21H26N2O. The predicted molar refractivity (Wildman–Crippen MR) is 98.0 cm³/mol. The van der Waals surface area contributed by atoms with Gasteiger partial charge in [-0.15, -0.1) is 0 Å². The number of piperidine rings is 1. The van der Waals surface area contributed by atoms with Crippen molar-refractivity contribution in [3.8, 4) is 0 Å². The van der Waals surface area contributed by atoms with Gasteiger partial charge in [0.2, 0.25) is 0 Å². The van der Waals surface area contributed by atoms with E-state index >= 15 is 0 Å². The van der Waals surface area contributed by atoms with Gasteiger partial charge in [0.25, 0.3) is 5.91 Å². The fraction of sp³-hybridized carbons (Fsp3) is 0.381. The van der Waals surface area contributed by atoms with Gasteiger partial charge in [0.1, 0.15) is 0 Å². The molecule has 24 heavy (non-hydrogen) atoms. The Morgan fingerprint density at radius 2 is 1.79 bits per heavy atom. The molecule has 2 aromatic carbocycles. The van der Waals surface area contributed by atoms with E-state index in [1.54, 1.807) is 0 Å². The van der Waals surface area contributed by atoms with Crippen LogP contribution in [0.1, 0.15) is 41.8 Å². The lowest BCUT2D eigenvalue weighted by atomic mass is 9.79. The van der Waals surface area contributed by atoms with Crippen molar-refractivity contribution in [2.24, 2.45) is 11.1 Å². The van der Waals surface area contributed by atoms with Crippen molar-refractivity contribution in [3.05, 3.63) is 71.3 Å². The number of amides is 1. The molecular weight excluding hydrogens is 296 g/mol. The number of carbonyl (C=O) groups is 1. The third-order valence-corrected chi connectivity index (χ3v) is 5.08. The first-order chi connectivity index (χ1) is 11.5. The SMILES string of the molecule is CC1(C)CN(C(=O)c2ccccc2Cc2ccccc2)CCC1N. The number of likely N-dealkylation sites (tertiary alicyclic amines) is 1. The fourth-order valence-corrected chi connectivity index (χ4v) is 3.42. The number of hydrogen-bond donors (Lipinski definition) is 1. The summed E-state index contributed by atoms with van der Waals surface area (Å²) in [5, 5.41) is 0. The highest BCUT2D eigenvalue weighted by Gasteiger charge is 2.35. The van der Waals surface area contributed by atoms with Crippen LogP contribution < -0.4 is 5.73 Å². The molecule has 1 heterocycles. The molecule has 3 rings (SSSR count). The van der Waals surface area contributed by atoms with E-state index in [0.29, 0.717) is 6.54 Å². The second-order valence-electron chi connectivity index (χ2n) is 7.43. The summed E-state index contributed by atoms with van der Waals surface area (Å²) in [6, 6.07) is 18.4. The molecule has 1 aliphatic rings. The van der Waals surface area contributed by atoms with Crippen LogP contribution in [0.2, 0.25) is 0 Å². The number of rotatable bonds is 3. The number of hydrogen-bond acceptors (Lipinski definition) is 2. The number of carbonyl (C=O) groups excluding carboxylic acids is 1. The topological polar surface area (TPSA) is 46.3 Å². The fourth-order valence-electron chi connectivity index (χ4n) is 3.42. The molecule has 2 aromatic rings. The summed E-state index contributed by atoms with van der Waals surface area (Å²) in [4.78, 5) is 15.1. The Labute approximate surface area is 144 Å². The van der Waals surface area contributed by atoms with Crippen LogP contribution in [-0.4, -0.2) is 29.9 Å². The Balaban J connectivity index is 1.83. The Morgan fingerprint density at radius 1 is 1.12 bits per heavy atom. The molecule has 0 aromatic heterocycles. The molecule has 1 fully saturated rings. The lowest BCUT2D eigenvalue weighted by Gasteiger charge is -2.42. The van der Waals surface area contributed by atoms with Gasteiger partial charge in [0.15, 0.2) is 0 Å². The summed E-state index contributed by atoms with van der Waals surface area (Å²) in [6.45, 7) is 5.75. The number of nitrogens with zero attached hydrogens (tertiary/aromatic N) is 1. The summed E-state index contributed by atoms with van der Waals surface area (Å²) >= 11 is 0. The first kappa shape index (κ1) is 16.7. The van der Waals surface area contributed by atoms with Gasteiger partial charge in [-0.25, -0.2) is 0 Å². The van der Waals surface area contributed by atoms with Crippen LogP contribution in [0.15, 0.2) is 54.6 Å². The minimum absolute atomic E-state index is 0.0394. The second-order valence-corrected chi connectivity index (χ2v) is 7.43. The standard InChI is InChI=1S/C21H26N2O/c1-21(2)15-23(13-12-19(21)22)20(24)18-11-7-6-10-17(18)14-16-8-4-3-5-9-16/h3-11,19H,12-15,22H2,1-2H3. The second kappa shape index (κ2) is 6.78. The molecule has 0 radical (unpaired) electrons. The third kappa shape index (κ3) is 3.51. The molecule has 126 valence electrons. The maximum Gasteiger partial charge on any atom is 0.254 e. The molecule has 1 saturated heterocycles. The van der Waals surface area contributed by atoms with Gasteiger partial charge in [-0.05, 0) is 35.4 Å². The van der Waals surface area contributed by atoms with E-state index in [0.717, 1.165) is 30.5 Å². The van der Waals surface area contributed by atoms with E-state index in [1.807, 2.05) is 41.3 Å². The van der Waals surface area contributed by atoms with Crippen molar-refractivity contribution in [1.29, 1.82) is 0 Å². The lowest BCUT2D eigenvalue weighted by molar-refractivity contribution is 0.0532.